The SMILES string of the molecule is CCCC(C)=NCOCN1CCOCC1. The highest BCUT2D eigenvalue weighted by Gasteiger charge is 2.08. The van der Waals surface area contributed by atoms with Crippen molar-refractivity contribution in [3.63, 3.8) is 0 Å². The second kappa shape index (κ2) is 7.79. The van der Waals surface area contributed by atoms with Crippen LogP contribution in [-0.4, -0.2) is 50.4 Å². The lowest BCUT2D eigenvalue weighted by molar-refractivity contribution is -0.0308. The van der Waals surface area contributed by atoms with E-state index in [1.54, 1.807) is 0 Å². The van der Waals surface area contributed by atoms with Crippen molar-refractivity contribution in [3.05, 3.63) is 0 Å². The minimum Gasteiger partial charge on any atom is -0.379 e. The van der Waals surface area contributed by atoms with Crippen LogP contribution in [0.1, 0.15) is 26.7 Å². The molecule has 1 aliphatic heterocycles. The highest BCUT2D eigenvalue weighted by molar-refractivity contribution is 5.81. The summed E-state index contributed by atoms with van der Waals surface area (Å²) < 4.78 is 10.7. The predicted octanol–water partition coefficient (Wildman–Crippen LogP) is 1.51. The van der Waals surface area contributed by atoms with Crippen LogP contribution in [0.2, 0.25) is 0 Å². The summed E-state index contributed by atoms with van der Waals surface area (Å²) >= 11 is 0. The van der Waals surface area contributed by atoms with E-state index in [0.29, 0.717) is 13.5 Å². The van der Waals surface area contributed by atoms with E-state index in [-0.39, 0.29) is 0 Å². The summed E-state index contributed by atoms with van der Waals surface area (Å²) in [5.74, 6) is 0. The second-order valence-electron chi connectivity index (χ2n) is 3.84. The van der Waals surface area contributed by atoms with Gasteiger partial charge in [-0.3, -0.25) is 9.89 Å². The van der Waals surface area contributed by atoms with Gasteiger partial charge in [-0.1, -0.05) is 13.3 Å². The van der Waals surface area contributed by atoms with Gasteiger partial charge in [0.2, 0.25) is 0 Å². The van der Waals surface area contributed by atoms with E-state index in [1.165, 1.54) is 5.71 Å². The van der Waals surface area contributed by atoms with Crippen LogP contribution in [0.3, 0.4) is 0 Å². The Kier molecular flexibility index (Phi) is 6.55. The molecule has 0 unspecified atom stereocenters. The van der Waals surface area contributed by atoms with Gasteiger partial charge in [0, 0.05) is 18.8 Å². The Hall–Kier alpha value is -0.450. The Morgan fingerprint density at radius 1 is 1.40 bits per heavy atom. The van der Waals surface area contributed by atoms with E-state index in [9.17, 15) is 0 Å². The quantitative estimate of drug-likeness (QED) is 0.496. The number of rotatable bonds is 6. The van der Waals surface area contributed by atoms with Crippen LogP contribution in [-0.2, 0) is 9.47 Å². The molecule has 1 saturated heterocycles. The molecule has 0 radical (unpaired) electrons. The lowest BCUT2D eigenvalue weighted by Crippen LogP contribution is -2.37. The summed E-state index contributed by atoms with van der Waals surface area (Å²) in [6.07, 6.45) is 2.22. The molecule has 4 nitrogen and oxygen atoms in total. The van der Waals surface area contributed by atoms with Gasteiger partial charge in [-0.05, 0) is 13.3 Å². The lowest BCUT2D eigenvalue weighted by atomic mass is 10.2. The van der Waals surface area contributed by atoms with Crippen molar-refractivity contribution in [3.8, 4) is 0 Å². The minimum atomic E-state index is 0.489. The van der Waals surface area contributed by atoms with E-state index < -0.39 is 0 Å². The van der Waals surface area contributed by atoms with Crippen LogP contribution in [0.25, 0.3) is 0 Å². The third kappa shape index (κ3) is 5.87. The summed E-state index contributed by atoms with van der Waals surface area (Å²) in [5.41, 5.74) is 1.18. The summed E-state index contributed by atoms with van der Waals surface area (Å²) in [4.78, 5) is 6.58. The molecule has 1 rings (SSSR count). The maximum absolute atomic E-state index is 5.47. The van der Waals surface area contributed by atoms with Crippen LogP contribution in [0.15, 0.2) is 4.99 Å². The molecule has 1 heterocycles. The summed E-state index contributed by atoms with van der Waals surface area (Å²) in [5, 5.41) is 0. The smallest absolute Gasteiger partial charge is 0.139 e. The van der Waals surface area contributed by atoms with E-state index in [1.807, 2.05) is 0 Å². The molecule has 88 valence electrons. The Morgan fingerprint density at radius 2 is 2.13 bits per heavy atom. The van der Waals surface area contributed by atoms with Crippen LogP contribution in [0, 0.1) is 0 Å². The average Bonchev–Trinajstić information content (AvgIpc) is 2.26. The largest absolute Gasteiger partial charge is 0.379 e. The van der Waals surface area contributed by atoms with E-state index in [4.69, 9.17) is 9.47 Å². The third-order valence-electron chi connectivity index (χ3n) is 2.42. The number of ether oxygens (including phenoxy) is 2. The first kappa shape index (κ1) is 12.6. The van der Waals surface area contributed by atoms with Crippen molar-refractivity contribution >= 4 is 5.71 Å². The first-order valence-corrected chi connectivity index (χ1v) is 5.70. The molecule has 0 amide bonds. The van der Waals surface area contributed by atoms with Crippen molar-refractivity contribution in [1.29, 1.82) is 0 Å². The van der Waals surface area contributed by atoms with Gasteiger partial charge in [-0.15, -0.1) is 0 Å². The number of hydrogen-bond donors (Lipinski definition) is 0. The predicted molar refractivity (Wildman–Crippen MR) is 61.2 cm³/mol. The van der Waals surface area contributed by atoms with E-state index >= 15 is 0 Å². The topological polar surface area (TPSA) is 34.1 Å². The molecule has 0 saturated carbocycles. The number of hydrogen-bond acceptors (Lipinski definition) is 4. The van der Waals surface area contributed by atoms with Crippen molar-refractivity contribution in [2.45, 2.75) is 26.7 Å². The van der Waals surface area contributed by atoms with Gasteiger partial charge < -0.3 is 9.47 Å². The van der Waals surface area contributed by atoms with Crippen LogP contribution < -0.4 is 0 Å². The first-order valence-electron chi connectivity index (χ1n) is 5.70. The molecule has 0 aromatic heterocycles. The van der Waals surface area contributed by atoms with Crippen molar-refractivity contribution in [2.24, 2.45) is 4.99 Å². The molecule has 0 N–H and O–H groups in total. The van der Waals surface area contributed by atoms with Gasteiger partial charge in [0.25, 0.3) is 0 Å². The molecule has 0 aliphatic carbocycles. The fraction of sp³-hybridized carbons (Fsp3) is 0.909. The standard InChI is InChI=1S/C11H22N2O2/c1-3-4-11(2)12-9-15-10-13-5-7-14-8-6-13/h3-10H2,1-2H3. The molecular weight excluding hydrogens is 192 g/mol. The zero-order chi connectivity index (χ0) is 10.9. The van der Waals surface area contributed by atoms with E-state index in [2.05, 4.69) is 23.7 Å². The van der Waals surface area contributed by atoms with Crippen LogP contribution in [0.4, 0.5) is 0 Å². The molecule has 0 aromatic carbocycles. The van der Waals surface area contributed by atoms with Crippen molar-refractivity contribution in [1.82, 2.24) is 4.90 Å². The Labute approximate surface area is 92.3 Å². The lowest BCUT2D eigenvalue weighted by Gasteiger charge is -2.25. The zero-order valence-corrected chi connectivity index (χ0v) is 9.87. The molecule has 1 fully saturated rings. The highest BCUT2D eigenvalue weighted by atomic mass is 16.5. The maximum atomic E-state index is 5.47. The Bertz CT molecular complexity index is 189. The van der Waals surface area contributed by atoms with Crippen LogP contribution in [0.5, 0.6) is 0 Å². The first-order chi connectivity index (χ1) is 7.33. The maximum Gasteiger partial charge on any atom is 0.139 e. The average molecular weight is 214 g/mol. The molecular formula is C11H22N2O2. The molecule has 0 aromatic rings. The summed E-state index contributed by atoms with van der Waals surface area (Å²) in [6, 6.07) is 0. The molecule has 0 atom stereocenters. The Morgan fingerprint density at radius 3 is 2.80 bits per heavy atom. The van der Waals surface area contributed by atoms with Crippen molar-refractivity contribution in [2.75, 3.05) is 39.8 Å². The van der Waals surface area contributed by atoms with Gasteiger partial charge in [0.1, 0.15) is 13.5 Å². The number of aliphatic imine (C=N–C) groups is 1. The Balaban J connectivity index is 2.02. The molecule has 1 aliphatic rings. The summed E-state index contributed by atoms with van der Waals surface area (Å²) in [6.45, 7) is 8.96. The summed E-state index contributed by atoms with van der Waals surface area (Å²) in [7, 11) is 0. The molecule has 4 heteroatoms. The minimum absolute atomic E-state index is 0.489. The van der Waals surface area contributed by atoms with Gasteiger partial charge in [-0.25, -0.2) is 0 Å². The zero-order valence-electron chi connectivity index (χ0n) is 9.87. The number of nitrogens with zero attached hydrogens (tertiary/aromatic N) is 2. The fourth-order valence-corrected chi connectivity index (χ4v) is 1.50. The molecule has 0 bridgehead atoms. The molecule has 0 spiro atoms. The van der Waals surface area contributed by atoms with Gasteiger partial charge >= 0.3 is 0 Å². The number of morpholine rings is 1. The molecule has 15 heavy (non-hydrogen) atoms. The van der Waals surface area contributed by atoms with E-state index in [0.717, 1.165) is 39.1 Å². The highest BCUT2D eigenvalue weighted by Crippen LogP contribution is 1.97. The monoisotopic (exact) mass is 214 g/mol. The van der Waals surface area contributed by atoms with Gasteiger partial charge in [-0.2, -0.15) is 0 Å². The van der Waals surface area contributed by atoms with Crippen LogP contribution >= 0.6 is 0 Å². The fourth-order valence-electron chi connectivity index (χ4n) is 1.50. The third-order valence-corrected chi connectivity index (χ3v) is 2.42. The van der Waals surface area contributed by atoms with Gasteiger partial charge in [0.05, 0.1) is 13.2 Å². The second-order valence-corrected chi connectivity index (χ2v) is 3.84. The van der Waals surface area contributed by atoms with Gasteiger partial charge in [0.15, 0.2) is 0 Å². The normalized spacial score (nSPS) is 19.5. The van der Waals surface area contributed by atoms with Crippen molar-refractivity contribution < 1.29 is 9.47 Å².